The zero-order valence-corrected chi connectivity index (χ0v) is 11.7. The fraction of sp³-hybridized carbons (Fsp3) is 0.400. The van der Waals surface area contributed by atoms with E-state index in [1.807, 2.05) is 19.9 Å². The number of halogens is 2. The molecule has 0 fully saturated rings. The first-order chi connectivity index (χ1) is 9.56. The van der Waals surface area contributed by atoms with Crippen LogP contribution in [0.15, 0.2) is 24.3 Å². The van der Waals surface area contributed by atoms with Crippen molar-refractivity contribution in [2.24, 2.45) is 5.73 Å². The van der Waals surface area contributed by atoms with Gasteiger partial charge in [0.15, 0.2) is 11.6 Å². The molecule has 1 aromatic carbocycles. The van der Waals surface area contributed by atoms with Crippen LogP contribution in [0.2, 0.25) is 0 Å². The third-order valence-corrected chi connectivity index (χ3v) is 3.39. The van der Waals surface area contributed by atoms with Gasteiger partial charge in [-0.25, -0.2) is 8.78 Å². The van der Waals surface area contributed by atoms with E-state index in [-0.39, 0.29) is 5.56 Å². The van der Waals surface area contributed by atoms with Crippen molar-refractivity contribution >= 4 is 0 Å². The van der Waals surface area contributed by atoms with E-state index in [9.17, 15) is 8.78 Å². The fourth-order valence-corrected chi connectivity index (χ4v) is 2.22. The summed E-state index contributed by atoms with van der Waals surface area (Å²) >= 11 is 0. The Morgan fingerprint density at radius 3 is 2.65 bits per heavy atom. The number of nitrogens with zero attached hydrogens (tertiary/aromatic N) is 2. The van der Waals surface area contributed by atoms with Crippen LogP contribution >= 0.6 is 0 Å². The van der Waals surface area contributed by atoms with Crippen molar-refractivity contribution in [2.75, 3.05) is 0 Å². The van der Waals surface area contributed by atoms with Gasteiger partial charge in [0.25, 0.3) is 0 Å². The largest absolute Gasteiger partial charge is 0.322 e. The van der Waals surface area contributed by atoms with Crippen LogP contribution in [0.25, 0.3) is 0 Å². The molecule has 0 radical (unpaired) electrons. The van der Waals surface area contributed by atoms with Crippen LogP contribution in [0.5, 0.6) is 0 Å². The van der Waals surface area contributed by atoms with Crippen molar-refractivity contribution < 1.29 is 8.78 Å². The minimum Gasteiger partial charge on any atom is -0.322 e. The van der Waals surface area contributed by atoms with Gasteiger partial charge in [-0.05, 0) is 25.0 Å². The van der Waals surface area contributed by atoms with Crippen molar-refractivity contribution in [3.63, 3.8) is 0 Å². The van der Waals surface area contributed by atoms with Gasteiger partial charge in [0.1, 0.15) is 0 Å². The van der Waals surface area contributed by atoms with Gasteiger partial charge in [-0.3, -0.25) is 4.68 Å². The fourth-order valence-electron chi connectivity index (χ4n) is 2.22. The third-order valence-electron chi connectivity index (χ3n) is 3.39. The maximum atomic E-state index is 13.7. The molecule has 108 valence electrons. The summed E-state index contributed by atoms with van der Waals surface area (Å²) < 4.78 is 28.7. The number of benzene rings is 1. The van der Waals surface area contributed by atoms with Crippen LogP contribution in [-0.4, -0.2) is 9.78 Å². The summed E-state index contributed by atoms with van der Waals surface area (Å²) in [4.78, 5) is 0. The molecule has 20 heavy (non-hydrogen) atoms. The van der Waals surface area contributed by atoms with Crippen molar-refractivity contribution in [3.8, 4) is 0 Å². The van der Waals surface area contributed by atoms with Gasteiger partial charge in [-0.1, -0.05) is 26.0 Å². The summed E-state index contributed by atoms with van der Waals surface area (Å²) in [5, 5.41) is 4.44. The first-order valence-electron chi connectivity index (χ1n) is 6.81. The molecule has 0 saturated heterocycles. The Morgan fingerprint density at radius 2 is 2.00 bits per heavy atom. The number of rotatable bonds is 5. The summed E-state index contributed by atoms with van der Waals surface area (Å²) in [5.74, 6) is -1.75. The van der Waals surface area contributed by atoms with E-state index >= 15 is 0 Å². The molecule has 2 N–H and O–H groups in total. The van der Waals surface area contributed by atoms with Crippen LogP contribution in [0.1, 0.15) is 36.8 Å². The maximum absolute atomic E-state index is 13.7. The molecule has 0 spiro atoms. The summed E-state index contributed by atoms with van der Waals surface area (Å²) in [6.45, 7) is 4.39. The topological polar surface area (TPSA) is 43.8 Å². The predicted molar refractivity (Wildman–Crippen MR) is 74.3 cm³/mol. The van der Waals surface area contributed by atoms with Crippen molar-refractivity contribution in [1.82, 2.24) is 9.78 Å². The molecule has 0 aliphatic carbocycles. The Hall–Kier alpha value is -1.75. The summed E-state index contributed by atoms with van der Waals surface area (Å²) in [6.07, 6.45) is 1.66. The quantitative estimate of drug-likeness (QED) is 0.914. The molecule has 0 amide bonds. The van der Waals surface area contributed by atoms with E-state index < -0.39 is 17.7 Å². The minimum absolute atomic E-state index is 0.181. The predicted octanol–water partition coefficient (Wildman–Crippen LogP) is 2.99. The lowest BCUT2D eigenvalue weighted by molar-refractivity contribution is 0.458. The molecule has 2 aromatic rings. The molecule has 0 aliphatic rings. The van der Waals surface area contributed by atoms with E-state index in [2.05, 4.69) is 5.10 Å². The molecule has 5 heteroatoms. The van der Waals surface area contributed by atoms with Crippen LogP contribution in [0.4, 0.5) is 8.78 Å². The van der Waals surface area contributed by atoms with E-state index in [0.29, 0.717) is 6.54 Å². The zero-order valence-electron chi connectivity index (χ0n) is 11.7. The average Bonchev–Trinajstić information content (AvgIpc) is 2.84. The number of nitrogens with two attached hydrogens (primary N) is 1. The smallest absolute Gasteiger partial charge is 0.163 e. The number of aryl methyl sites for hydroxylation is 2. The minimum atomic E-state index is -0.874. The number of hydrogen-bond acceptors (Lipinski definition) is 2. The number of aromatic nitrogens is 2. The second-order valence-electron chi connectivity index (χ2n) is 4.77. The first kappa shape index (κ1) is 14.7. The molecule has 0 saturated carbocycles. The monoisotopic (exact) mass is 279 g/mol. The SMILES string of the molecule is CCc1cc(CC)n(CC(N)c2cccc(F)c2F)n1. The van der Waals surface area contributed by atoms with Gasteiger partial charge >= 0.3 is 0 Å². The van der Waals surface area contributed by atoms with E-state index in [0.717, 1.165) is 30.3 Å². The second-order valence-corrected chi connectivity index (χ2v) is 4.77. The van der Waals surface area contributed by atoms with Gasteiger partial charge < -0.3 is 5.73 Å². The lowest BCUT2D eigenvalue weighted by atomic mass is 10.1. The van der Waals surface area contributed by atoms with Gasteiger partial charge in [-0.15, -0.1) is 0 Å². The molecule has 3 nitrogen and oxygen atoms in total. The first-order valence-corrected chi connectivity index (χ1v) is 6.81. The Labute approximate surface area is 117 Å². The standard InChI is InChI=1S/C15H19F2N3/c1-3-10-8-11(4-2)20(19-10)9-14(18)12-6-5-7-13(16)15(12)17/h5-8,14H,3-4,9,18H2,1-2H3. The highest BCUT2D eigenvalue weighted by atomic mass is 19.2. The highest BCUT2D eigenvalue weighted by Gasteiger charge is 2.17. The Bertz CT molecular complexity index is 593. The third kappa shape index (κ3) is 2.88. The molecule has 1 heterocycles. The van der Waals surface area contributed by atoms with Crippen LogP contribution < -0.4 is 5.73 Å². The van der Waals surface area contributed by atoms with Gasteiger partial charge in [0.05, 0.1) is 18.3 Å². The van der Waals surface area contributed by atoms with Crippen LogP contribution in [0, 0.1) is 11.6 Å². The summed E-state index contributed by atoms with van der Waals surface area (Å²) in [7, 11) is 0. The Balaban J connectivity index is 2.25. The van der Waals surface area contributed by atoms with E-state index in [1.54, 1.807) is 4.68 Å². The molecule has 1 aromatic heterocycles. The average molecular weight is 279 g/mol. The molecular weight excluding hydrogens is 260 g/mol. The zero-order chi connectivity index (χ0) is 14.7. The highest BCUT2D eigenvalue weighted by molar-refractivity contribution is 5.22. The van der Waals surface area contributed by atoms with E-state index in [1.165, 1.54) is 12.1 Å². The molecule has 1 unspecified atom stereocenters. The molecular formula is C15H19F2N3. The highest BCUT2D eigenvalue weighted by Crippen LogP contribution is 2.20. The summed E-state index contributed by atoms with van der Waals surface area (Å²) in [6, 6.07) is 5.47. The maximum Gasteiger partial charge on any atom is 0.163 e. The molecule has 0 bridgehead atoms. The van der Waals surface area contributed by atoms with Gasteiger partial charge in [0, 0.05) is 11.3 Å². The summed E-state index contributed by atoms with van der Waals surface area (Å²) in [5.41, 5.74) is 8.22. The van der Waals surface area contributed by atoms with Crippen molar-refractivity contribution in [2.45, 2.75) is 39.3 Å². The van der Waals surface area contributed by atoms with Crippen LogP contribution in [0.3, 0.4) is 0 Å². The van der Waals surface area contributed by atoms with Crippen molar-refractivity contribution in [3.05, 3.63) is 52.9 Å². The second kappa shape index (κ2) is 6.13. The van der Waals surface area contributed by atoms with E-state index in [4.69, 9.17) is 5.73 Å². The van der Waals surface area contributed by atoms with Crippen molar-refractivity contribution in [1.29, 1.82) is 0 Å². The Kier molecular flexibility index (Phi) is 4.49. The molecule has 0 aliphatic heterocycles. The Morgan fingerprint density at radius 1 is 1.25 bits per heavy atom. The molecule has 1 atom stereocenters. The normalized spacial score (nSPS) is 12.7. The van der Waals surface area contributed by atoms with Gasteiger partial charge in [0.2, 0.25) is 0 Å². The lowest BCUT2D eigenvalue weighted by Crippen LogP contribution is -2.21. The van der Waals surface area contributed by atoms with Gasteiger partial charge in [-0.2, -0.15) is 5.10 Å². The molecule has 2 rings (SSSR count). The van der Waals surface area contributed by atoms with Crippen LogP contribution in [-0.2, 0) is 19.4 Å². The lowest BCUT2D eigenvalue weighted by Gasteiger charge is -2.15. The number of hydrogen-bond donors (Lipinski definition) is 1.